The minimum atomic E-state index is -3.54. The van der Waals surface area contributed by atoms with Gasteiger partial charge in [-0.3, -0.25) is 4.79 Å². The van der Waals surface area contributed by atoms with Crippen molar-refractivity contribution in [1.82, 2.24) is 9.62 Å². The van der Waals surface area contributed by atoms with Gasteiger partial charge in [-0.05, 0) is 56.7 Å². The van der Waals surface area contributed by atoms with Crippen molar-refractivity contribution in [2.75, 3.05) is 13.1 Å². The Bertz CT molecular complexity index is 706. The summed E-state index contributed by atoms with van der Waals surface area (Å²) in [4.78, 5) is 14.6. The molecule has 3 N–H and O–H groups in total. The molecule has 1 unspecified atom stereocenters. The Kier molecular flexibility index (Phi) is 4.94. The lowest BCUT2D eigenvalue weighted by molar-refractivity contribution is 0.0680. The van der Waals surface area contributed by atoms with Crippen LogP contribution in [0.15, 0.2) is 29.2 Å². The zero-order valence-electron chi connectivity index (χ0n) is 13.9. The molecule has 1 aliphatic carbocycles. The molecule has 0 aromatic heterocycles. The third-order valence-electron chi connectivity index (χ3n) is 4.86. The lowest BCUT2D eigenvalue weighted by atomic mass is 9.90. The second-order valence-corrected chi connectivity index (χ2v) is 8.63. The average Bonchev–Trinajstić information content (AvgIpc) is 3.37. The Labute approximate surface area is 143 Å². The number of sulfonamides is 1. The van der Waals surface area contributed by atoms with Crippen LogP contribution in [0, 0.1) is 5.92 Å². The number of likely N-dealkylation sites (tertiary alicyclic amines) is 1. The zero-order valence-corrected chi connectivity index (χ0v) is 14.8. The van der Waals surface area contributed by atoms with Gasteiger partial charge in [0.1, 0.15) is 0 Å². The predicted octanol–water partition coefficient (Wildman–Crippen LogP) is 1.33. The Morgan fingerprint density at radius 2 is 1.92 bits per heavy atom. The Hall–Kier alpha value is -1.44. The lowest BCUT2D eigenvalue weighted by Crippen LogP contribution is -2.42. The van der Waals surface area contributed by atoms with Gasteiger partial charge in [0, 0.05) is 30.7 Å². The maximum absolute atomic E-state index is 12.7. The number of rotatable bonds is 5. The monoisotopic (exact) mass is 351 g/mol. The summed E-state index contributed by atoms with van der Waals surface area (Å²) in [6.07, 6.45) is 3.55. The fraction of sp³-hybridized carbons (Fsp3) is 0.588. The number of benzene rings is 1. The molecular weight excluding hydrogens is 326 g/mol. The van der Waals surface area contributed by atoms with Crippen LogP contribution in [0.1, 0.15) is 43.0 Å². The van der Waals surface area contributed by atoms with Crippen molar-refractivity contribution in [3.8, 4) is 0 Å². The third-order valence-corrected chi connectivity index (χ3v) is 6.38. The number of carbonyl (C=O) groups excluding carboxylic acids is 1. The lowest BCUT2D eigenvalue weighted by Gasteiger charge is -2.33. The zero-order chi connectivity index (χ0) is 17.3. The van der Waals surface area contributed by atoms with Gasteiger partial charge in [0.2, 0.25) is 10.0 Å². The number of hydrogen-bond donors (Lipinski definition) is 2. The molecule has 2 aliphatic rings. The molecule has 24 heavy (non-hydrogen) atoms. The minimum Gasteiger partial charge on any atom is -0.339 e. The summed E-state index contributed by atoms with van der Waals surface area (Å²) >= 11 is 0. The van der Waals surface area contributed by atoms with Gasteiger partial charge >= 0.3 is 0 Å². The molecule has 1 saturated carbocycles. The van der Waals surface area contributed by atoms with Crippen molar-refractivity contribution in [2.24, 2.45) is 11.7 Å². The summed E-state index contributed by atoms with van der Waals surface area (Å²) < 4.78 is 27.2. The SMILES string of the molecule is CC(N)C1CCN(C(=O)c2cccc(S(=O)(=O)NC3CC3)c2)CC1. The summed E-state index contributed by atoms with van der Waals surface area (Å²) in [5.41, 5.74) is 6.36. The normalized spacial score (nSPS) is 20.8. The summed E-state index contributed by atoms with van der Waals surface area (Å²) in [6, 6.07) is 6.50. The van der Waals surface area contributed by atoms with Crippen molar-refractivity contribution in [3.63, 3.8) is 0 Å². The largest absolute Gasteiger partial charge is 0.339 e. The van der Waals surface area contributed by atoms with Crippen molar-refractivity contribution >= 4 is 15.9 Å². The van der Waals surface area contributed by atoms with Crippen LogP contribution in [0.4, 0.5) is 0 Å². The van der Waals surface area contributed by atoms with Gasteiger partial charge in [0.15, 0.2) is 0 Å². The van der Waals surface area contributed by atoms with Gasteiger partial charge < -0.3 is 10.6 Å². The van der Waals surface area contributed by atoms with Crippen LogP contribution in [0.3, 0.4) is 0 Å². The van der Waals surface area contributed by atoms with Crippen LogP contribution in [0.5, 0.6) is 0 Å². The van der Waals surface area contributed by atoms with Gasteiger partial charge in [-0.25, -0.2) is 13.1 Å². The number of piperidine rings is 1. The van der Waals surface area contributed by atoms with E-state index in [2.05, 4.69) is 4.72 Å². The maximum Gasteiger partial charge on any atom is 0.253 e. The van der Waals surface area contributed by atoms with Crippen LogP contribution in [-0.2, 0) is 10.0 Å². The molecule has 6 nitrogen and oxygen atoms in total. The fourth-order valence-corrected chi connectivity index (χ4v) is 4.45. The summed E-state index contributed by atoms with van der Waals surface area (Å²) in [6.45, 7) is 3.34. The quantitative estimate of drug-likeness (QED) is 0.837. The Morgan fingerprint density at radius 1 is 1.25 bits per heavy atom. The third kappa shape index (κ3) is 3.96. The fourth-order valence-electron chi connectivity index (χ4n) is 3.10. The molecule has 1 atom stereocenters. The second-order valence-electron chi connectivity index (χ2n) is 6.91. The van der Waals surface area contributed by atoms with Crippen molar-refractivity contribution in [1.29, 1.82) is 0 Å². The van der Waals surface area contributed by atoms with E-state index in [0.29, 0.717) is 24.6 Å². The van der Waals surface area contributed by atoms with Crippen molar-refractivity contribution in [2.45, 2.75) is 49.6 Å². The van der Waals surface area contributed by atoms with Gasteiger partial charge in [-0.1, -0.05) is 6.07 Å². The molecule has 1 aromatic carbocycles. The average molecular weight is 351 g/mol. The number of amides is 1. The highest BCUT2D eigenvalue weighted by atomic mass is 32.2. The van der Waals surface area contributed by atoms with E-state index < -0.39 is 10.0 Å². The number of nitrogens with two attached hydrogens (primary N) is 1. The molecule has 132 valence electrons. The van der Waals surface area contributed by atoms with E-state index in [0.717, 1.165) is 25.7 Å². The van der Waals surface area contributed by atoms with Gasteiger partial charge in [0.25, 0.3) is 5.91 Å². The standard InChI is InChI=1S/C17H25N3O3S/c1-12(18)13-7-9-20(10-8-13)17(21)14-3-2-4-16(11-14)24(22,23)19-15-5-6-15/h2-4,11-13,15,19H,5-10,18H2,1H3. The van der Waals surface area contributed by atoms with E-state index in [1.54, 1.807) is 17.0 Å². The molecule has 1 heterocycles. The first-order valence-electron chi connectivity index (χ1n) is 8.54. The van der Waals surface area contributed by atoms with Crippen LogP contribution < -0.4 is 10.5 Å². The first kappa shape index (κ1) is 17.4. The van der Waals surface area contributed by atoms with Crippen LogP contribution in [0.2, 0.25) is 0 Å². The van der Waals surface area contributed by atoms with Gasteiger partial charge in [-0.2, -0.15) is 0 Å². The predicted molar refractivity (Wildman–Crippen MR) is 92.1 cm³/mol. The van der Waals surface area contributed by atoms with Crippen molar-refractivity contribution in [3.05, 3.63) is 29.8 Å². The molecular formula is C17H25N3O3S. The maximum atomic E-state index is 12.7. The van der Waals surface area contributed by atoms with E-state index in [-0.39, 0.29) is 22.9 Å². The van der Waals surface area contributed by atoms with Gasteiger partial charge in [-0.15, -0.1) is 0 Å². The van der Waals surface area contributed by atoms with Crippen LogP contribution in [0.25, 0.3) is 0 Å². The van der Waals surface area contributed by atoms with E-state index in [1.807, 2.05) is 6.92 Å². The highest BCUT2D eigenvalue weighted by molar-refractivity contribution is 7.89. The smallest absolute Gasteiger partial charge is 0.253 e. The van der Waals surface area contributed by atoms with Crippen molar-refractivity contribution < 1.29 is 13.2 Å². The molecule has 1 aliphatic heterocycles. The van der Waals surface area contributed by atoms with Crippen LogP contribution >= 0.6 is 0 Å². The molecule has 0 spiro atoms. The summed E-state index contributed by atoms with van der Waals surface area (Å²) in [7, 11) is -3.54. The Balaban J connectivity index is 1.71. The minimum absolute atomic E-state index is 0.0478. The molecule has 0 radical (unpaired) electrons. The number of hydrogen-bond acceptors (Lipinski definition) is 4. The topological polar surface area (TPSA) is 92.5 Å². The molecule has 3 rings (SSSR count). The van der Waals surface area contributed by atoms with Crippen LogP contribution in [-0.4, -0.2) is 44.4 Å². The van der Waals surface area contributed by atoms with E-state index in [1.165, 1.54) is 12.1 Å². The highest BCUT2D eigenvalue weighted by Gasteiger charge is 2.29. The molecule has 1 saturated heterocycles. The molecule has 0 bridgehead atoms. The van der Waals surface area contributed by atoms with E-state index in [9.17, 15) is 13.2 Å². The van der Waals surface area contributed by atoms with E-state index in [4.69, 9.17) is 5.73 Å². The van der Waals surface area contributed by atoms with E-state index >= 15 is 0 Å². The summed E-state index contributed by atoms with van der Waals surface area (Å²) in [5.74, 6) is 0.338. The first-order valence-corrected chi connectivity index (χ1v) is 10.0. The first-order chi connectivity index (χ1) is 11.4. The molecule has 1 amide bonds. The second kappa shape index (κ2) is 6.82. The number of carbonyl (C=O) groups is 1. The Morgan fingerprint density at radius 3 is 2.50 bits per heavy atom. The molecule has 2 fully saturated rings. The molecule has 1 aromatic rings. The number of nitrogens with zero attached hydrogens (tertiary/aromatic N) is 1. The summed E-state index contributed by atoms with van der Waals surface area (Å²) in [5, 5.41) is 0. The number of nitrogens with one attached hydrogen (secondary N) is 1. The highest BCUT2D eigenvalue weighted by Crippen LogP contribution is 2.24. The van der Waals surface area contributed by atoms with Gasteiger partial charge in [0.05, 0.1) is 4.90 Å². The molecule has 7 heteroatoms.